The molecule has 1 amide bonds. The molecule has 1 aromatic carbocycles. The molecule has 2 aromatic rings. The van der Waals surface area contributed by atoms with Crippen molar-refractivity contribution in [3.8, 4) is 0 Å². The number of amidine groups is 1. The minimum absolute atomic E-state index is 0.0965. The Bertz CT molecular complexity index is 843. The van der Waals surface area contributed by atoms with Crippen molar-refractivity contribution in [2.75, 3.05) is 5.75 Å². The van der Waals surface area contributed by atoms with Crippen LogP contribution in [0.4, 0.5) is 0 Å². The van der Waals surface area contributed by atoms with Crippen molar-refractivity contribution in [2.45, 2.75) is 30.7 Å². The Hall–Kier alpha value is -2.13. The van der Waals surface area contributed by atoms with Crippen LogP contribution in [0.15, 0.2) is 46.0 Å². The summed E-state index contributed by atoms with van der Waals surface area (Å²) >= 11 is 2.88. The van der Waals surface area contributed by atoms with Crippen molar-refractivity contribution in [1.82, 2.24) is 20.1 Å². The number of nitrogens with zero attached hydrogens (tertiary/aromatic N) is 5. The average Bonchev–Trinajstić information content (AvgIpc) is 3.05. The SMILES string of the molecule is CC[C@H](Sc1nncn1C)C(=O)NC1=NN=C(c2ccc(C)cc2)CS1. The molecule has 9 heteroatoms. The molecular formula is C17H20N6OS2. The van der Waals surface area contributed by atoms with E-state index >= 15 is 0 Å². The molecule has 0 saturated carbocycles. The first-order valence-electron chi connectivity index (χ1n) is 8.22. The third-order valence-corrected chi connectivity index (χ3v) is 6.09. The van der Waals surface area contributed by atoms with Gasteiger partial charge in [0.2, 0.25) is 5.91 Å². The summed E-state index contributed by atoms with van der Waals surface area (Å²) in [7, 11) is 1.86. The molecule has 2 heterocycles. The molecule has 0 radical (unpaired) electrons. The second-order valence-electron chi connectivity index (χ2n) is 5.83. The second kappa shape index (κ2) is 8.50. The zero-order valence-electron chi connectivity index (χ0n) is 14.8. The van der Waals surface area contributed by atoms with Crippen molar-refractivity contribution < 1.29 is 4.79 Å². The van der Waals surface area contributed by atoms with Crippen LogP contribution >= 0.6 is 23.5 Å². The molecule has 136 valence electrons. The van der Waals surface area contributed by atoms with Crippen molar-refractivity contribution >= 4 is 40.3 Å². The van der Waals surface area contributed by atoms with Crippen LogP contribution in [-0.4, -0.2) is 42.6 Å². The number of aryl methyl sites for hydroxylation is 2. The maximum absolute atomic E-state index is 12.5. The fourth-order valence-electron chi connectivity index (χ4n) is 2.26. The molecule has 1 aromatic heterocycles. The fraction of sp³-hybridized carbons (Fsp3) is 0.353. The first kappa shape index (κ1) is 18.7. The van der Waals surface area contributed by atoms with Gasteiger partial charge in [-0.3, -0.25) is 4.79 Å². The first-order valence-corrected chi connectivity index (χ1v) is 10.1. The highest BCUT2D eigenvalue weighted by molar-refractivity contribution is 8.14. The quantitative estimate of drug-likeness (QED) is 0.796. The highest BCUT2D eigenvalue weighted by Crippen LogP contribution is 2.23. The molecule has 7 nitrogen and oxygen atoms in total. The highest BCUT2D eigenvalue weighted by Gasteiger charge is 2.23. The number of hydrogen-bond acceptors (Lipinski definition) is 7. The van der Waals surface area contributed by atoms with Gasteiger partial charge in [0.15, 0.2) is 10.3 Å². The summed E-state index contributed by atoms with van der Waals surface area (Å²) in [6.45, 7) is 4.02. The van der Waals surface area contributed by atoms with E-state index in [0.29, 0.717) is 22.5 Å². The van der Waals surface area contributed by atoms with Gasteiger partial charge < -0.3 is 9.88 Å². The lowest BCUT2D eigenvalue weighted by Gasteiger charge is -2.16. The maximum Gasteiger partial charge on any atom is 0.239 e. The van der Waals surface area contributed by atoms with Crippen LogP contribution in [0.2, 0.25) is 0 Å². The van der Waals surface area contributed by atoms with E-state index in [0.717, 1.165) is 11.3 Å². The summed E-state index contributed by atoms with van der Waals surface area (Å²) in [5.41, 5.74) is 3.18. The Morgan fingerprint density at radius 1 is 1.35 bits per heavy atom. The first-order chi connectivity index (χ1) is 12.6. The van der Waals surface area contributed by atoms with Crippen molar-refractivity contribution in [3.63, 3.8) is 0 Å². The van der Waals surface area contributed by atoms with Crippen molar-refractivity contribution in [2.24, 2.45) is 17.3 Å². The van der Waals surface area contributed by atoms with E-state index in [2.05, 4.69) is 44.8 Å². The van der Waals surface area contributed by atoms with Gasteiger partial charge in [-0.15, -0.1) is 15.3 Å². The number of aromatic nitrogens is 3. The molecule has 1 aliphatic heterocycles. The minimum atomic E-state index is -0.260. The number of carbonyl (C=O) groups is 1. The minimum Gasteiger partial charge on any atom is -0.312 e. The molecule has 3 rings (SSSR count). The van der Waals surface area contributed by atoms with E-state index in [1.165, 1.54) is 29.1 Å². The van der Waals surface area contributed by atoms with Gasteiger partial charge >= 0.3 is 0 Å². The summed E-state index contributed by atoms with van der Waals surface area (Å²) in [4.78, 5) is 12.5. The van der Waals surface area contributed by atoms with Gasteiger partial charge in [0.25, 0.3) is 0 Å². The summed E-state index contributed by atoms with van der Waals surface area (Å²) in [5, 5.41) is 20.2. The number of nitrogens with one attached hydrogen (secondary N) is 1. The van der Waals surface area contributed by atoms with E-state index in [1.54, 1.807) is 10.9 Å². The van der Waals surface area contributed by atoms with Crippen LogP contribution in [0.25, 0.3) is 0 Å². The molecule has 26 heavy (non-hydrogen) atoms. The summed E-state index contributed by atoms with van der Waals surface area (Å²) in [6.07, 6.45) is 2.30. The van der Waals surface area contributed by atoms with E-state index in [4.69, 9.17) is 0 Å². The molecule has 0 fully saturated rings. The van der Waals surface area contributed by atoms with Crippen LogP contribution in [0, 0.1) is 6.92 Å². The largest absolute Gasteiger partial charge is 0.312 e. The number of rotatable bonds is 5. The maximum atomic E-state index is 12.5. The zero-order valence-corrected chi connectivity index (χ0v) is 16.5. The van der Waals surface area contributed by atoms with Crippen molar-refractivity contribution in [3.05, 3.63) is 41.7 Å². The Morgan fingerprint density at radius 3 is 2.69 bits per heavy atom. The molecule has 0 unspecified atom stereocenters. The summed E-state index contributed by atoms with van der Waals surface area (Å²) in [5.74, 6) is 0.579. The highest BCUT2D eigenvalue weighted by atomic mass is 32.2. The third-order valence-electron chi connectivity index (χ3n) is 3.80. The zero-order chi connectivity index (χ0) is 18.5. The summed E-state index contributed by atoms with van der Waals surface area (Å²) < 4.78 is 1.80. The van der Waals surface area contributed by atoms with E-state index in [9.17, 15) is 4.79 Å². The lowest BCUT2D eigenvalue weighted by atomic mass is 10.1. The Morgan fingerprint density at radius 2 is 2.12 bits per heavy atom. The van der Waals surface area contributed by atoms with E-state index < -0.39 is 0 Å². The van der Waals surface area contributed by atoms with Crippen LogP contribution in [0.1, 0.15) is 24.5 Å². The fourth-order valence-corrected chi connectivity index (χ4v) is 3.93. The Kier molecular flexibility index (Phi) is 6.10. The number of thioether (sulfide) groups is 2. The number of hydrogen-bond donors (Lipinski definition) is 1. The van der Waals surface area contributed by atoms with Gasteiger partial charge in [-0.2, -0.15) is 5.10 Å². The lowest BCUT2D eigenvalue weighted by molar-refractivity contribution is -0.119. The average molecular weight is 389 g/mol. The van der Waals surface area contributed by atoms with Gasteiger partial charge in [0, 0.05) is 12.8 Å². The second-order valence-corrected chi connectivity index (χ2v) is 7.97. The van der Waals surface area contributed by atoms with Gasteiger partial charge in [0.05, 0.1) is 11.0 Å². The lowest BCUT2D eigenvalue weighted by Crippen LogP contribution is -2.37. The van der Waals surface area contributed by atoms with E-state index in [-0.39, 0.29) is 11.2 Å². The molecule has 1 N–H and O–H groups in total. The van der Waals surface area contributed by atoms with Crippen LogP contribution in [0.5, 0.6) is 0 Å². The number of benzene rings is 1. The predicted octanol–water partition coefficient (Wildman–Crippen LogP) is 2.62. The Balaban J connectivity index is 1.63. The molecule has 0 spiro atoms. The smallest absolute Gasteiger partial charge is 0.239 e. The van der Waals surface area contributed by atoms with Crippen LogP contribution in [0.3, 0.4) is 0 Å². The van der Waals surface area contributed by atoms with Gasteiger partial charge in [-0.05, 0) is 18.9 Å². The van der Waals surface area contributed by atoms with Crippen molar-refractivity contribution in [1.29, 1.82) is 0 Å². The normalized spacial score (nSPS) is 15.2. The molecule has 0 saturated heterocycles. The molecule has 0 bridgehead atoms. The number of carbonyl (C=O) groups excluding carboxylic acids is 1. The molecular weight excluding hydrogens is 368 g/mol. The topological polar surface area (TPSA) is 84.5 Å². The third kappa shape index (κ3) is 4.53. The molecule has 1 atom stereocenters. The van der Waals surface area contributed by atoms with Gasteiger partial charge in [0.1, 0.15) is 6.33 Å². The molecule has 0 aliphatic carbocycles. The standard InChI is InChI=1S/C17H20N6OS2/c1-4-14(26-17-22-18-10-23(17)3)15(24)19-16-21-20-13(9-25-16)12-7-5-11(2)6-8-12/h5-8,10,14H,4,9H2,1-3H3,(H,19,21,24)/t14-/m0/s1. The predicted molar refractivity (Wildman–Crippen MR) is 107 cm³/mol. The van der Waals surface area contributed by atoms with Gasteiger partial charge in [-0.25, -0.2) is 0 Å². The summed E-state index contributed by atoms with van der Waals surface area (Å²) in [6, 6.07) is 8.19. The van der Waals surface area contributed by atoms with E-state index in [1.807, 2.05) is 26.1 Å². The number of amides is 1. The van der Waals surface area contributed by atoms with Gasteiger partial charge in [-0.1, -0.05) is 60.3 Å². The monoisotopic (exact) mass is 388 g/mol. The molecule has 1 aliphatic rings. The van der Waals surface area contributed by atoms with Crippen LogP contribution < -0.4 is 5.32 Å². The Labute approximate surface area is 160 Å². The van der Waals surface area contributed by atoms with Crippen LogP contribution in [-0.2, 0) is 11.8 Å².